The summed E-state index contributed by atoms with van der Waals surface area (Å²) in [5, 5.41) is 0. The van der Waals surface area contributed by atoms with E-state index in [4.69, 9.17) is 5.73 Å². The Balaban J connectivity index is 2.12. The third kappa shape index (κ3) is 2.16. The quantitative estimate of drug-likeness (QED) is 0.777. The monoisotopic (exact) mass is 189 g/mol. The molecule has 2 rings (SSSR count). The maximum Gasteiger partial charge on any atom is -0.00367 e. The minimum Gasteiger partial charge on any atom is -0.330 e. The van der Waals surface area contributed by atoms with Crippen LogP contribution < -0.4 is 5.73 Å². The molecular formula is C13H19N. The van der Waals surface area contributed by atoms with Crippen molar-refractivity contribution in [1.82, 2.24) is 0 Å². The molecule has 2 N–H and O–H groups in total. The Labute approximate surface area is 86.3 Å². The summed E-state index contributed by atoms with van der Waals surface area (Å²) in [6.45, 7) is 0.758. The van der Waals surface area contributed by atoms with Crippen LogP contribution in [0.4, 0.5) is 0 Å². The number of rotatable bonds is 3. The molecule has 1 nitrogen and oxygen atoms in total. The van der Waals surface area contributed by atoms with Gasteiger partial charge in [-0.1, -0.05) is 37.1 Å². The van der Waals surface area contributed by atoms with Crippen molar-refractivity contribution in [2.45, 2.75) is 38.0 Å². The minimum absolute atomic E-state index is 0.758. The predicted octanol–water partition coefficient (Wildman–Crippen LogP) is 2.85. The van der Waals surface area contributed by atoms with Crippen molar-refractivity contribution in [1.29, 1.82) is 0 Å². The fraction of sp³-hybridized carbons (Fsp3) is 0.538. The summed E-state index contributed by atoms with van der Waals surface area (Å²) in [5.41, 5.74) is 8.50. The molecule has 0 unspecified atom stereocenters. The minimum atomic E-state index is 0.758. The molecule has 0 saturated heterocycles. The van der Waals surface area contributed by atoms with Crippen LogP contribution in [-0.4, -0.2) is 6.54 Å². The second-order valence-corrected chi connectivity index (χ2v) is 4.27. The molecule has 0 heterocycles. The first-order chi connectivity index (χ1) is 6.90. The lowest BCUT2D eigenvalue weighted by molar-refractivity contribution is 0.721. The van der Waals surface area contributed by atoms with Gasteiger partial charge in [0.25, 0.3) is 0 Å². The maximum atomic E-state index is 5.56. The van der Waals surface area contributed by atoms with Gasteiger partial charge >= 0.3 is 0 Å². The highest BCUT2D eigenvalue weighted by atomic mass is 14.5. The van der Waals surface area contributed by atoms with Gasteiger partial charge < -0.3 is 5.73 Å². The summed E-state index contributed by atoms with van der Waals surface area (Å²) in [6.07, 6.45) is 6.59. The van der Waals surface area contributed by atoms with Gasteiger partial charge in [-0.3, -0.25) is 0 Å². The van der Waals surface area contributed by atoms with Crippen LogP contribution in [-0.2, 0) is 6.42 Å². The van der Waals surface area contributed by atoms with Gasteiger partial charge in [0.05, 0.1) is 0 Å². The largest absolute Gasteiger partial charge is 0.330 e. The number of hydrogen-bond donors (Lipinski definition) is 1. The molecule has 1 aromatic carbocycles. The molecule has 0 atom stereocenters. The topological polar surface area (TPSA) is 26.0 Å². The van der Waals surface area contributed by atoms with Gasteiger partial charge in [0, 0.05) is 0 Å². The first-order valence-electron chi connectivity index (χ1n) is 5.69. The van der Waals surface area contributed by atoms with E-state index in [2.05, 4.69) is 24.3 Å². The normalized spacial score (nSPS) is 17.5. The van der Waals surface area contributed by atoms with Crippen LogP contribution in [0, 0.1) is 0 Å². The summed E-state index contributed by atoms with van der Waals surface area (Å²) < 4.78 is 0. The molecule has 0 aliphatic heterocycles. The first-order valence-corrected chi connectivity index (χ1v) is 5.69. The highest BCUT2D eigenvalue weighted by Gasteiger charge is 2.16. The summed E-state index contributed by atoms with van der Waals surface area (Å²) in [6, 6.07) is 8.99. The lowest BCUT2D eigenvalue weighted by Crippen LogP contribution is -2.03. The van der Waals surface area contributed by atoms with E-state index in [1.165, 1.54) is 36.8 Å². The Kier molecular flexibility index (Phi) is 3.20. The summed E-state index contributed by atoms with van der Waals surface area (Å²) in [5.74, 6) is 0.827. The maximum absolute atomic E-state index is 5.56. The molecule has 0 radical (unpaired) electrons. The Hall–Kier alpha value is -0.820. The van der Waals surface area contributed by atoms with Crippen LogP contribution in [0.2, 0.25) is 0 Å². The van der Waals surface area contributed by atoms with E-state index in [1.807, 2.05) is 0 Å². The van der Waals surface area contributed by atoms with Crippen molar-refractivity contribution in [2.75, 3.05) is 6.54 Å². The van der Waals surface area contributed by atoms with E-state index in [0.717, 1.165) is 18.9 Å². The molecule has 0 aromatic heterocycles. The van der Waals surface area contributed by atoms with E-state index in [1.54, 1.807) is 0 Å². The zero-order valence-corrected chi connectivity index (χ0v) is 8.71. The van der Waals surface area contributed by atoms with Gasteiger partial charge in [-0.15, -0.1) is 0 Å². The van der Waals surface area contributed by atoms with Gasteiger partial charge in [0.15, 0.2) is 0 Å². The number of benzene rings is 1. The van der Waals surface area contributed by atoms with Crippen LogP contribution in [0.5, 0.6) is 0 Å². The Morgan fingerprint density at radius 3 is 2.71 bits per heavy atom. The molecule has 1 aliphatic carbocycles. The fourth-order valence-corrected chi connectivity index (χ4v) is 2.43. The standard InChI is InChI=1S/C13H19N/c14-9-8-11-4-3-7-13(10-11)12-5-1-2-6-12/h3-4,7,10,12H,1-2,5-6,8-9,14H2. The van der Waals surface area contributed by atoms with Gasteiger partial charge in [0.2, 0.25) is 0 Å². The van der Waals surface area contributed by atoms with Crippen LogP contribution in [0.15, 0.2) is 24.3 Å². The lowest BCUT2D eigenvalue weighted by atomic mass is 9.95. The molecule has 1 saturated carbocycles. The molecule has 76 valence electrons. The Morgan fingerprint density at radius 1 is 1.21 bits per heavy atom. The third-order valence-electron chi connectivity index (χ3n) is 3.21. The van der Waals surface area contributed by atoms with E-state index >= 15 is 0 Å². The molecule has 1 aromatic rings. The molecule has 14 heavy (non-hydrogen) atoms. The van der Waals surface area contributed by atoms with Crippen molar-refractivity contribution >= 4 is 0 Å². The SMILES string of the molecule is NCCc1cccc(C2CCCC2)c1. The van der Waals surface area contributed by atoms with Crippen LogP contribution in [0.3, 0.4) is 0 Å². The molecule has 1 fully saturated rings. The van der Waals surface area contributed by atoms with Crippen molar-refractivity contribution < 1.29 is 0 Å². The van der Waals surface area contributed by atoms with Gasteiger partial charge in [-0.05, 0) is 42.9 Å². The molecule has 0 bridgehead atoms. The Bertz CT molecular complexity index is 287. The van der Waals surface area contributed by atoms with E-state index in [-0.39, 0.29) is 0 Å². The zero-order chi connectivity index (χ0) is 9.80. The number of nitrogens with two attached hydrogens (primary N) is 1. The first kappa shape index (κ1) is 9.72. The summed E-state index contributed by atoms with van der Waals surface area (Å²) in [7, 11) is 0. The third-order valence-corrected chi connectivity index (χ3v) is 3.21. The van der Waals surface area contributed by atoms with Crippen LogP contribution >= 0.6 is 0 Å². The second-order valence-electron chi connectivity index (χ2n) is 4.27. The van der Waals surface area contributed by atoms with Gasteiger partial charge in [-0.25, -0.2) is 0 Å². The van der Waals surface area contributed by atoms with Gasteiger partial charge in [-0.2, -0.15) is 0 Å². The average Bonchev–Trinajstić information content (AvgIpc) is 2.71. The smallest absolute Gasteiger partial charge is 0.00367 e. The highest BCUT2D eigenvalue weighted by molar-refractivity contribution is 5.27. The zero-order valence-electron chi connectivity index (χ0n) is 8.71. The molecule has 0 amide bonds. The van der Waals surface area contributed by atoms with Crippen molar-refractivity contribution in [2.24, 2.45) is 5.73 Å². The summed E-state index contributed by atoms with van der Waals surface area (Å²) >= 11 is 0. The van der Waals surface area contributed by atoms with E-state index in [9.17, 15) is 0 Å². The van der Waals surface area contributed by atoms with Crippen LogP contribution in [0.1, 0.15) is 42.7 Å². The predicted molar refractivity (Wildman–Crippen MR) is 60.4 cm³/mol. The fourth-order valence-electron chi connectivity index (χ4n) is 2.43. The van der Waals surface area contributed by atoms with Crippen LogP contribution in [0.25, 0.3) is 0 Å². The molecular weight excluding hydrogens is 170 g/mol. The highest BCUT2D eigenvalue weighted by Crippen LogP contribution is 2.34. The van der Waals surface area contributed by atoms with Gasteiger partial charge in [0.1, 0.15) is 0 Å². The Morgan fingerprint density at radius 2 is 2.00 bits per heavy atom. The van der Waals surface area contributed by atoms with E-state index < -0.39 is 0 Å². The molecule has 1 heteroatoms. The second kappa shape index (κ2) is 4.61. The van der Waals surface area contributed by atoms with E-state index in [0.29, 0.717) is 0 Å². The lowest BCUT2D eigenvalue weighted by Gasteiger charge is -2.10. The summed E-state index contributed by atoms with van der Waals surface area (Å²) in [4.78, 5) is 0. The van der Waals surface area contributed by atoms with Crippen molar-refractivity contribution in [3.63, 3.8) is 0 Å². The van der Waals surface area contributed by atoms with Crippen molar-refractivity contribution in [3.8, 4) is 0 Å². The number of hydrogen-bond acceptors (Lipinski definition) is 1. The van der Waals surface area contributed by atoms with Crippen molar-refractivity contribution in [3.05, 3.63) is 35.4 Å². The molecule has 1 aliphatic rings. The molecule has 0 spiro atoms. The average molecular weight is 189 g/mol.